The highest BCUT2D eigenvalue weighted by Gasteiger charge is 2.34. The predicted molar refractivity (Wildman–Crippen MR) is 131 cm³/mol. The van der Waals surface area contributed by atoms with E-state index < -0.39 is 0 Å². The van der Waals surface area contributed by atoms with E-state index in [0.717, 1.165) is 42.5 Å². The van der Waals surface area contributed by atoms with Crippen LogP contribution < -0.4 is 4.90 Å². The highest BCUT2D eigenvalue weighted by atomic mass is 16.5. The second-order valence-corrected chi connectivity index (χ2v) is 9.46. The van der Waals surface area contributed by atoms with Crippen LogP contribution in [0.25, 0.3) is 0 Å². The summed E-state index contributed by atoms with van der Waals surface area (Å²) in [6, 6.07) is 16.0. The molecule has 6 nitrogen and oxygen atoms in total. The van der Waals surface area contributed by atoms with Gasteiger partial charge in [0.2, 0.25) is 11.8 Å². The number of nitrogens with zero attached hydrogens (tertiary/aromatic N) is 2. The molecule has 2 amide bonds. The average molecular weight is 463 g/mol. The zero-order valence-corrected chi connectivity index (χ0v) is 20.2. The van der Waals surface area contributed by atoms with E-state index >= 15 is 0 Å². The lowest BCUT2D eigenvalue weighted by Gasteiger charge is -2.31. The highest BCUT2D eigenvalue weighted by molar-refractivity contribution is 5.96. The monoisotopic (exact) mass is 462 g/mol. The van der Waals surface area contributed by atoms with Crippen molar-refractivity contribution in [2.45, 2.75) is 52.5 Å². The summed E-state index contributed by atoms with van der Waals surface area (Å²) in [4.78, 5) is 41.9. The summed E-state index contributed by atoms with van der Waals surface area (Å²) in [5, 5.41) is 0. The van der Waals surface area contributed by atoms with Crippen LogP contribution in [0.5, 0.6) is 0 Å². The summed E-state index contributed by atoms with van der Waals surface area (Å²) in [5.74, 6) is -0.205. The number of ether oxygens (including phenoxy) is 1. The number of anilines is 1. The zero-order chi connectivity index (χ0) is 24.1. The van der Waals surface area contributed by atoms with Crippen molar-refractivity contribution in [3.8, 4) is 0 Å². The van der Waals surface area contributed by atoms with Gasteiger partial charge in [-0.1, -0.05) is 42.0 Å². The van der Waals surface area contributed by atoms with Gasteiger partial charge >= 0.3 is 5.97 Å². The molecule has 2 aliphatic rings. The van der Waals surface area contributed by atoms with E-state index in [0.29, 0.717) is 26.2 Å². The summed E-state index contributed by atoms with van der Waals surface area (Å²) >= 11 is 0. The lowest BCUT2D eigenvalue weighted by atomic mass is 9.97. The Labute approximate surface area is 201 Å². The van der Waals surface area contributed by atoms with Crippen LogP contribution in [0.4, 0.5) is 5.69 Å². The molecular weight excluding hydrogens is 428 g/mol. The number of piperidine rings is 1. The topological polar surface area (TPSA) is 66.9 Å². The first-order valence-corrected chi connectivity index (χ1v) is 12.3. The van der Waals surface area contributed by atoms with E-state index in [1.54, 1.807) is 11.8 Å². The third-order valence-electron chi connectivity index (χ3n) is 6.63. The first kappa shape index (κ1) is 24.0. The molecule has 1 aliphatic carbocycles. The first-order valence-electron chi connectivity index (χ1n) is 12.3. The summed E-state index contributed by atoms with van der Waals surface area (Å²) < 4.78 is 5.16. The second-order valence-electron chi connectivity index (χ2n) is 9.46. The molecule has 0 bridgehead atoms. The molecule has 0 N–H and O–H groups in total. The molecule has 4 rings (SSSR count). The van der Waals surface area contributed by atoms with Crippen molar-refractivity contribution in [2.75, 3.05) is 24.6 Å². The van der Waals surface area contributed by atoms with Crippen molar-refractivity contribution in [3.05, 3.63) is 65.2 Å². The van der Waals surface area contributed by atoms with Crippen LogP contribution in [0.2, 0.25) is 0 Å². The van der Waals surface area contributed by atoms with Crippen molar-refractivity contribution in [2.24, 2.45) is 11.8 Å². The van der Waals surface area contributed by atoms with Crippen LogP contribution in [-0.2, 0) is 32.1 Å². The quantitative estimate of drug-likeness (QED) is 0.549. The van der Waals surface area contributed by atoms with Gasteiger partial charge in [0, 0.05) is 24.7 Å². The van der Waals surface area contributed by atoms with Crippen molar-refractivity contribution in [3.63, 3.8) is 0 Å². The molecule has 0 radical (unpaired) electrons. The van der Waals surface area contributed by atoms with E-state index in [9.17, 15) is 14.4 Å². The molecule has 34 heavy (non-hydrogen) atoms. The molecule has 6 heteroatoms. The number of amides is 2. The number of hydrogen-bond donors (Lipinski definition) is 0. The van der Waals surface area contributed by atoms with Gasteiger partial charge in [0.05, 0.1) is 25.5 Å². The van der Waals surface area contributed by atoms with E-state index in [1.165, 1.54) is 5.56 Å². The Morgan fingerprint density at radius 3 is 2.47 bits per heavy atom. The summed E-state index contributed by atoms with van der Waals surface area (Å²) in [6.07, 6.45) is 3.69. The van der Waals surface area contributed by atoms with Gasteiger partial charge in [0.15, 0.2) is 0 Å². The lowest BCUT2D eigenvalue weighted by molar-refractivity contribution is -0.151. The van der Waals surface area contributed by atoms with Crippen molar-refractivity contribution in [1.29, 1.82) is 0 Å². The number of rotatable bonds is 8. The first-order chi connectivity index (χ1) is 16.4. The maximum absolute atomic E-state index is 13.1. The third-order valence-corrected chi connectivity index (χ3v) is 6.63. The van der Waals surface area contributed by atoms with Gasteiger partial charge < -0.3 is 14.5 Å². The van der Waals surface area contributed by atoms with Crippen molar-refractivity contribution < 1.29 is 19.1 Å². The average Bonchev–Trinajstić information content (AvgIpc) is 3.69. The number of carbonyl (C=O) groups excluding carboxylic acids is 3. The van der Waals surface area contributed by atoms with Crippen LogP contribution in [-0.4, -0.2) is 42.4 Å². The number of esters is 1. The Balaban J connectivity index is 1.46. The van der Waals surface area contributed by atoms with Gasteiger partial charge in [0.25, 0.3) is 0 Å². The molecule has 0 unspecified atom stereocenters. The molecule has 1 atom stereocenters. The van der Waals surface area contributed by atoms with Crippen molar-refractivity contribution in [1.82, 2.24) is 4.90 Å². The molecule has 1 heterocycles. The van der Waals surface area contributed by atoms with Gasteiger partial charge in [-0.3, -0.25) is 14.4 Å². The molecule has 2 aromatic carbocycles. The molecule has 2 aromatic rings. The Hall–Kier alpha value is -3.15. The predicted octanol–water partition coefficient (Wildman–Crippen LogP) is 4.28. The van der Waals surface area contributed by atoms with Gasteiger partial charge in [0.1, 0.15) is 0 Å². The Morgan fingerprint density at radius 2 is 1.76 bits per heavy atom. The fourth-order valence-electron chi connectivity index (χ4n) is 4.50. The van der Waals surface area contributed by atoms with Crippen LogP contribution in [0.15, 0.2) is 48.5 Å². The maximum Gasteiger partial charge on any atom is 0.310 e. The molecule has 2 fully saturated rings. The normalized spacial score (nSPS) is 17.8. The number of hydrogen-bond acceptors (Lipinski definition) is 4. The Bertz CT molecular complexity index is 1030. The van der Waals surface area contributed by atoms with E-state index in [4.69, 9.17) is 4.74 Å². The second kappa shape index (κ2) is 10.9. The molecule has 0 aromatic heterocycles. The fourth-order valence-corrected chi connectivity index (χ4v) is 4.50. The van der Waals surface area contributed by atoms with Gasteiger partial charge in [-0.15, -0.1) is 0 Å². The molecule has 0 spiro atoms. The minimum Gasteiger partial charge on any atom is -0.466 e. The number of likely N-dealkylation sites (tertiary alicyclic amines) is 1. The SMILES string of the molecule is CCOC(=O)[C@@H]1CCCN(C(=O)Cc2cccc(N(Cc3ccc(C)cc3)C(=O)C3CC3)c2)C1. The Kier molecular flexibility index (Phi) is 7.66. The maximum atomic E-state index is 13.1. The largest absolute Gasteiger partial charge is 0.466 e. The third kappa shape index (κ3) is 6.04. The number of benzene rings is 2. The van der Waals surface area contributed by atoms with Gasteiger partial charge in [-0.2, -0.15) is 0 Å². The van der Waals surface area contributed by atoms with E-state index in [1.807, 2.05) is 29.2 Å². The van der Waals surface area contributed by atoms with Gasteiger partial charge in [-0.25, -0.2) is 0 Å². The summed E-state index contributed by atoms with van der Waals surface area (Å²) in [6.45, 7) is 5.79. The van der Waals surface area contributed by atoms with Gasteiger partial charge in [-0.05, 0) is 62.8 Å². The zero-order valence-electron chi connectivity index (χ0n) is 20.2. The molecule has 1 aliphatic heterocycles. The molecule has 1 saturated carbocycles. The molecule has 1 saturated heterocycles. The van der Waals surface area contributed by atoms with Crippen molar-refractivity contribution >= 4 is 23.5 Å². The van der Waals surface area contributed by atoms with E-state index in [2.05, 4.69) is 31.2 Å². The molecular formula is C28H34N2O4. The number of aryl methyl sites for hydroxylation is 1. The summed E-state index contributed by atoms with van der Waals surface area (Å²) in [7, 11) is 0. The van der Waals surface area contributed by atoms with E-state index in [-0.39, 0.29) is 36.0 Å². The minimum absolute atomic E-state index is 0.00440. The smallest absolute Gasteiger partial charge is 0.310 e. The lowest BCUT2D eigenvalue weighted by Crippen LogP contribution is -2.43. The number of carbonyl (C=O) groups is 3. The molecule has 180 valence electrons. The standard InChI is InChI=1S/C28H34N2O4/c1-3-34-28(33)24-7-5-15-29(19-24)26(31)17-22-6-4-8-25(16-22)30(27(32)23-13-14-23)18-21-11-9-20(2)10-12-21/h4,6,8-12,16,23-24H,3,5,7,13-15,17-19H2,1-2H3/t24-/m1/s1. The van der Waals surface area contributed by atoms with Crippen LogP contribution >= 0.6 is 0 Å². The summed E-state index contributed by atoms with van der Waals surface area (Å²) in [5.41, 5.74) is 3.97. The minimum atomic E-state index is -0.245. The highest BCUT2D eigenvalue weighted by Crippen LogP contribution is 2.34. The Morgan fingerprint density at radius 1 is 1.00 bits per heavy atom. The fraction of sp³-hybridized carbons (Fsp3) is 0.464. The van der Waals surface area contributed by atoms with Crippen LogP contribution in [0, 0.1) is 18.8 Å². The van der Waals surface area contributed by atoms with Crippen LogP contribution in [0.3, 0.4) is 0 Å². The van der Waals surface area contributed by atoms with Crippen LogP contribution in [0.1, 0.15) is 49.3 Å².